The van der Waals surface area contributed by atoms with Crippen LogP contribution in [-0.2, 0) is 0 Å². The van der Waals surface area contributed by atoms with Crippen molar-refractivity contribution in [1.82, 2.24) is 10.2 Å². The average Bonchev–Trinajstić information content (AvgIpc) is 3.04. The van der Waals surface area contributed by atoms with Crippen LogP contribution in [0.2, 0.25) is 0 Å². The quantitative estimate of drug-likeness (QED) is 0.851. The van der Waals surface area contributed by atoms with E-state index in [1.807, 2.05) is 0 Å². The summed E-state index contributed by atoms with van der Waals surface area (Å²) in [5.41, 5.74) is 1.77. The van der Waals surface area contributed by atoms with E-state index in [0.29, 0.717) is 11.6 Å². The van der Waals surface area contributed by atoms with Crippen molar-refractivity contribution in [1.29, 1.82) is 0 Å². The number of hydrogen-bond acceptors (Lipinski definition) is 3. The molecule has 1 unspecified atom stereocenters. The third-order valence-electron chi connectivity index (χ3n) is 5.30. The molecule has 0 amide bonds. The fourth-order valence-electron chi connectivity index (χ4n) is 4.26. The highest BCUT2D eigenvalue weighted by molar-refractivity contribution is 5.39. The van der Waals surface area contributed by atoms with Crippen LogP contribution in [0, 0.1) is 0 Å². The molecule has 4 rings (SSSR count). The number of nitrogens with zero attached hydrogens (tertiary/aromatic N) is 1. The first-order chi connectivity index (χ1) is 9.86. The van der Waals surface area contributed by atoms with Crippen molar-refractivity contribution in [3.8, 4) is 5.75 Å². The van der Waals surface area contributed by atoms with Gasteiger partial charge in [-0.05, 0) is 31.9 Å². The molecule has 1 saturated carbocycles. The summed E-state index contributed by atoms with van der Waals surface area (Å²) < 4.78 is 5.89. The maximum Gasteiger partial charge on any atom is 0.124 e. The van der Waals surface area contributed by atoms with Crippen LogP contribution >= 0.6 is 0 Å². The van der Waals surface area contributed by atoms with Crippen LogP contribution in [-0.4, -0.2) is 36.7 Å². The molecule has 1 N–H and O–H groups in total. The molecule has 1 saturated heterocycles. The highest BCUT2D eigenvalue weighted by Crippen LogP contribution is 2.39. The predicted molar refractivity (Wildman–Crippen MR) is 80.1 cm³/mol. The van der Waals surface area contributed by atoms with Crippen molar-refractivity contribution in [2.24, 2.45) is 0 Å². The van der Waals surface area contributed by atoms with Gasteiger partial charge in [0.1, 0.15) is 12.4 Å². The summed E-state index contributed by atoms with van der Waals surface area (Å²) in [5.74, 6) is 1.09. The van der Waals surface area contributed by atoms with Crippen LogP contribution in [0.1, 0.15) is 43.7 Å². The summed E-state index contributed by atoms with van der Waals surface area (Å²) in [6.45, 7) is 4.38. The van der Waals surface area contributed by atoms with E-state index in [1.165, 1.54) is 57.3 Å². The van der Waals surface area contributed by atoms with Gasteiger partial charge in [-0.3, -0.25) is 4.90 Å². The molecule has 3 aliphatic rings. The molecule has 1 aromatic rings. The van der Waals surface area contributed by atoms with E-state index in [9.17, 15) is 0 Å². The Morgan fingerprint density at radius 3 is 2.90 bits per heavy atom. The van der Waals surface area contributed by atoms with Gasteiger partial charge in [-0.1, -0.05) is 31.0 Å². The van der Waals surface area contributed by atoms with Crippen LogP contribution in [0.15, 0.2) is 24.3 Å². The molecular weight excluding hydrogens is 248 g/mol. The van der Waals surface area contributed by atoms with E-state index in [1.54, 1.807) is 0 Å². The fraction of sp³-hybridized carbons (Fsp3) is 0.647. The van der Waals surface area contributed by atoms with Crippen molar-refractivity contribution in [2.45, 2.75) is 43.7 Å². The van der Waals surface area contributed by atoms with Gasteiger partial charge in [0.15, 0.2) is 0 Å². The molecule has 1 atom stereocenters. The molecule has 2 heterocycles. The summed E-state index contributed by atoms with van der Waals surface area (Å²) in [6.07, 6.45) is 6.72. The second-order valence-corrected chi connectivity index (χ2v) is 6.60. The molecule has 3 nitrogen and oxygen atoms in total. The van der Waals surface area contributed by atoms with Gasteiger partial charge in [0.05, 0.1) is 6.04 Å². The summed E-state index contributed by atoms with van der Waals surface area (Å²) in [6, 6.07) is 9.03. The third kappa shape index (κ3) is 2.13. The smallest absolute Gasteiger partial charge is 0.124 e. The Morgan fingerprint density at radius 1 is 1.15 bits per heavy atom. The molecule has 20 heavy (non-hydrogen) atoms. The van der Waals surface area contributed by atoms with Crippen molar-refractivity contribution < 1.29 is 4.74 Å². The van der Waals surface area contributed by atoms with Crippen LogP contribution in [0.3, 0.4) is 0 Å². The SMILES string of the molecule is c1ccc2c(c1)OCC2N1CCCNC2(CCCC2)C1. The molecule has 2 fully saturated rings. The lowest BCUT2D eigenvalue weighted by Crippen LogP contribution is -2.50. The van der Waals surface area contributed by atoms with Gasteiger partial charge in [-0.2, -0.15) is 0 Å². The first kappa shape index (κ1) is 12.7. The van der Waals surface area contributed by atoms with Gasteiger partial charge in [0.25, 0.3) is 0 Å². The molecule has 108 valence electrons. The topological polar surface area (TPSA) is 24.5 Å². The summed E-state index contributed by atoms with van der Waals surface area (Å²) >= 11 is 0. The standard InChI is InChI=1S/C17H24N2O/c1-2-7-16-14(6-1)15(12-20-16)19-11-5-10-18-17(13-19)8-3-4-9-17/h1-2,6-7,15,18H,3-5,8-13H2. The van der Waals surface area contributed by atoms with Gasteiger partial charge in [-0.25, -0.2) is 0 Å². The maximum absolute atomic E-state index is 5.89. The van der Waals surface area contributed by atoms with Crippen LogP contribution in [0.4, 0.5) is 0 Å². The maximum atomic E-state index is 5.89. The third-order valence-corrected chi connectivity index (χ3v) is 5.30. The molecule has 0 bridgehead atoms. The molecule has 1 aliphatic carbocycles. The van der Waals surface area contributed by atoms with E-state index in [0.717, 1.165) is 12.4 Å². The zero-order valence-corrected chi connectivity index (χ0v) is 12.1. The van der Waals surface area contributed by atoms with Gasteiger partial charge in [0.2, 0.25) is 0 Å². The number of ether oxygens (including phenoxy) is 1. The van der Waals surface area contributed by atoms with Crippen LogP contribution in [0.5, 0.6) is 5.75 Å². The molecule has 0 aromatic heterocycles. The van der Waals surface area contributed by atoms with Crippen LogP contribution in [0.25, 0.3) is 0 Å². The molecule has 0 radical (unpaired) electrons. The van der Waals surface area contributed by atoms with Crippen molar-refractivity contribution in [2.75, 3.05) is 26.2 Å². The lowest BCUT2D eigenvalue weighted by Gasteiger charge is -2.35. The molecule has 3 heteroatoms. The van der Waals surface area contributed by atoms with Gasteiger partial charge in [-0.15, -0.1) is 0 Å². The first-order valence-electron chi connectivity index (χ1n) is 8.07. The Balaban J connectivity index is 1.58. The normalized spacial score (nSPS) is 29.1. The average molecular weight is 272 g/mol. The molecule has 1 spiro atoms. The highest BCUT2D eigenvalue weighted by atomic mass is 16.5. The minimum absolute atomic E-state index is 0.383. The minimum Gasteiger partial charge on any atom is -0.491 e. The second-order valence-electron chi connectivity index (χ2n) is 6.60. The monoisotopic (exact) mass is 272 g/mol. The van der Waals surface area contributed by atoms with Gasteiger partial charge in [0, 0.05) is 24.2 Å². The zero-order chi connectivity index (χ0) is 13.4. The van der Waals surface area contributed by atoms with Crippen molar-refractivity contribution in [3.63, 3.8) is 0 Å². The van der Waals surface area contributed by atoms with Crippen molar-refractivity contribution in [3.05, 3.63) is 29.8 Å². The summed E-state index contributed by atoms with van der Waals surface area (Å²) in [7, 11) is 0. The van der Waals surface area contributed by atoms with E-state index in [2.05, 4.69) is 34.5 Å². The number of rotatable bonds is 1. The Hall–Kier alpha value is -1.06. The lowest BCUT2D eigenvalue weighted by molar-refractivity contribution is 0.134. The first-order valence-corrected chi connectivity index (χ1v) is 8.07. The summed E-state index contributed by atoms with van der Waals surface area (Å²) in [4.78, 5) is 2.68. The largest absolute Gasteiger partial charge is 0.491 e. The molecular formula is C17H24N2O. The Morgan fingerprint density at radius 2 is 2.00 bits per heavy atom. The van der Waals surface area contributed by atoms with Gasteiger partial charge >= 0.3 is 0 Å². The Bertz CT molecular complexity index is 482. The number of fused-ring (bicyclic) bond motifs is 1. The number of nitrogens with one attached hydrogen (secondary N) is 1. The molecule has 2 aliphatic heterocycles. The zero-order valence-electron chi connectivity index (χ0n) is 12.1. The Labute approximate surface area is 121 Å². The Kier molecular flexibility index (Phi) is 3.20. The van der Waals surface area contributed by atoms with Crippen LogP contribution < -0.4 is 10.1 Å². The number of benzene rings is 1. The fourth-order valence-corrected chi connectivity index (χ4v) is 4.26. The molecule has 1 aromatic carbocycles. The van der Waals surface area contributed by atoms with E-state index in [-0.39, 0.29) is 0 Å². The highest BCUT2D eigenvalue weighted by Gasteiger charge is 2.40. The predicted octanol–water partition coefficient (Wildman–Crippen LogP) is 2.73. The minimum atomic E-state index is 0.383. The second kappa shape index (κ2) is 5.05. The van der Waals surface area contributed by atoms with E-state index in [4.69, 9.17) is 4.74 Å². The number of para-hydroxylation sites is 1. The van der Waals surface area contributed by atoms with E-state index >= 15 is 0 Å². The van der Waals surface area contributed by atoms with E-state index < -0.39 is 0 Å². The van der Waals surface area contributed by atoms with Gasteiger partial charge < -0.3 is 10.1 Å². The lowest BCUT2D eigenvalue weighted by atomic mass is 9.95. The summed E-state index contributed by atoms with van der Waals surface area (Å²) in [5, 5.41) is 3.85. The van der Waals surface area contributed by atoms with Crippen molar-refractivity contribution >= 4 is 0 Å². The number of hydrogen-bond donors (Lipinski definition) is 1.